The van der Waals surface area contributed by atoms with Crippen LogP contribution in [0.3, 0.4) is 0 Å². The highest BCUT2D eigenvalue weighted by molar-refractivity contribution is 5.85. The Kier molecular flexibility index (Phi) is 8.23. The molecular formula is C19H27ClF3N5O3. The van der Waals surface area contributed by atoms with Crippen LogP contribution in [-0.4, -0.2) is 70.0 Å². The molecular weight excluding hydrogens is 439 g/mol. The van der Waals surface area contributed by atoms with Gasteiger partial charge in [-0.05, 0) is 13.3 Å². The zero-order valence-corrected chi connectivity index (χ0v) is 18.3. The van der Waals surface area contributed by atoms with Crippen LogP contribution in [0.4, 0.5) is 13.2 Å². The van der Waals surface area contributed by atoms with E-state index in [1.54, 1.807) is 11.8 Å². The van der Waals surface area contributed by atoms with Gasteiger partial charge in [0.15, 0.2) is 5.69 Å². The van der Waals surface area contributed by atoms with Crippen LogP contribution in [0.2, 0.25) is 0 Å². The first-order valence-electron chi connectivity index (χ1n) is 9.97. The van der Waals surface area contributed by atoms with Gasteiger partial charge in [-0.25, -0.2) is 9.97 Å². The molecule has 0 unspecified atom stereocenters. The van der Waals surface area contributed by atoms with Gasteiger partial charge >= 0.3 is 6.18 Å². The predicted octanol–water partition coefficient (Wildman–Crippen LogP) is 1.33. The number of carbonyl (C=O) groups is 2. The highest BCUT2D eigenvalue weighted by atomic mass is 35.5. The summed E-state index contributed by atoms with van der Waals surface area (Å²) in [5, 5.41) is 0. The molecule has 0 aliphatic carbocycles. The first kappa shape index (κ1) is 25.3. The Bertz CT molecular complexity index is 824. The summed E-state index contributed by atoms with van der Waals surface area (Å²) in [5.74, 6) is -0.342. The molecule has 12 heteroatoms. The van der Waals surface area contributed by atoms with Crippen LogP contribution < -0.4 is 5.73 Å². The number of aromatic nitrogens is 2. The lowest BCUT2D eigenvalue weighted by Gasteiger charge is -2.34. The maximum Gasteiger partial charge on any atom is 0.433 e. The number of rotatable bonds is 5. The van der Waals surface area contributed by atoms with Crippen molar-refractivity contribution in [3.63, 3.8) is 0 Å². The summed E-state index contributed by atoms with van der Waals surface area (Å²) >= 11 is 0. The molecule has 3 heterocycles. The van der Waals surface area contributed by atoms with Crippen LogP contribution in [0.1, 0.15) is 43.0 Å². The van der Waals surface area contributed by atoms with E-state index in [0.29, 0.717) is 6.54 Å². The number of ether oxygens (including phenoxy) is 1. The third-order valence-corrected chi connectivity index (χ3v) is 5.26. The summed E-state index contributed by atoms with van der Waals surface area (Å²) in [5.41, 5.74) is 5.47. The van der Waals surface area contributed by atoms with E-state index in [-0.39, 0.29) is 92.9 Å². The molecule has 2 aliphatic heterocycles. The Morgan fingerprint density at radius 1 is 1.35 bits per heavy atom. The van der Waals surface area contributed by atoms with Crippen molar-refractivity contribution in [3.05, 3.63) is 22.8 Å². The maximum atomic E-state index is 13.4. The molecule has 2 atom stereocenters. The van der Waals surface area contributed by atoms with Gasteiger partial charge in [-0.2, -0.15) is 13.2 Å². The number of hydrogen-bond acceptors (Lipinski definition) is 6. The summed E-state index contributed by atoms with van der Waals surface area (Å²) in [4.78, 5) is 35.6. The number of halogens is 4. The normalized spacial score (nSPS) is 20.2. The van der Waals surface area contributed by atoms with E-state index < -0.39 is 17.9 Å². The monoisotopic (exact) mass is 465 g/mol. The molecule has 3 rings (SSSR count). The number of nitrogens with two attached hydrogens (primary N) is 1. The summed E-state index contributed by atoms with van der Waals surface area (Å²) in [6.45, 7) is 4.30. The molecule has 0 radical (unpaired) electrons. The minimum atomic E-state index is -4.56. The number of nitrogens with zero attached hydrogens (tertiary/aromatic N) is 4. The Morgan fingerprint density at radius 2 is 2.06 bits per heavy atom. The smallest absolute Gasteiger partial charge is 0.367 e. The first-order valence-corrected chi connectivity index (χ1v) is 9.97. The second-order valence-corrected chi connectivity index (χ2v) is 7.71. The largest absolute Gasteiger partial charge is 0.433 e. The molecule has 0 saturated carbocycles. The van der Waals surface area contributed by atoms with Crippen molar-refractivity contribution in [3.8, 4) is 0 Å². The topological polar surface area (TPSA) is 102 Å². The summed E-state index contributed by atoms with van der Waals surface area (Å²) in [7, 11) is 0. The van der Waals surface area contributed by atoms with Crippen LogP contribution in [0, 0.1) is 0 Å². The van der Waals surface area contributed by atoms with Crippen molar-refractivity contribution in [1.82, 2.24) is 19.8 Å². The first-order chi connectivity index (χ1) is 14.1. The molecule has 2 aliphatic rings. The van der Waals surface area contributed by atoms with Crippen molar-refractivity contribution in [2.75, 3.05) is 26.2 Å². The lowest BCUT2D eigenvalue weighted by molar-refractivity contribution is -0.148. The van der Waals surface area contributed by atoms with E-state index in [4.69, 9.17) is 10.5 Å². The molecule has 0 spiro atoms. The van der Waals surface area contributed by atoms with Crippen molar-refractivity contribution in [2.45, 2.75) is 58.0 Å². The molecule has 1 aromatic rings. The molecule has 31 heavy (non-hydrogen) atoms. The van der Waals surface area contributed by atoms with Crippen molar-refractivity contribution in [1.29, 1.82) is 0 Å². The summed E-state index contributed by atoms with van der Waals surface area (Å²) < 4.78 is 45.4. The Labute approximate surface area is 184 Å². The number of hydrogen-bond donors (Lipinski definition) is 1. The lowest BCUT2D eigenvalue weighted by Crippen LogP contribution is -2.51. The van der Waals surface area contributed by atoms with Crippen LogP contribution in [-0.2, 0) is 39.9 Å². The Balaban J connectivity index is 0.00000341. The second kappa shape index (κ2) is 10.1. The Morgan fingerprint density at radius 3 is 2.71 bits per heavy atom. The number of aryl methyl sites for hydroxylation is 1. The van der Waals surface area contributed by atoms with Gasteiger partial charge in [0.2, 0.25) is 11.8 Å². The fraction of sp³-hybridized carbons (Fsp3) is 0.684. The molecule has 8 nitrogen and oxygen atoms in total. The third-order valence-electron chi connectivity index (χ3n) is 5.26. The molecule has 1 fully saturated rings. The van der Waals surface area contributed by atoms with E-state index in [2.05, 4.69) is 9.97 Å². The molecule has 2 N–H and O–H groups in total. The standard InChI is InChI=1S/C19H26F3N5O3.ClH/c1-3-15-24-14-9-26(5-4-13(14)18(25-15)19(20,21)22)16(28)6-12(23)8-27-7-11(2)30-10-17(27)29;/h11-12H,3-10,23H2,1-2H3;1H/t11-,12-;/m0./s1. The maximum absolute atomic E-state index is 13.4. The van der Waals surface area contributed by atoms with Crippen molar-refractivity contribution >= 4 is 24.2 Å². The predicted molar refractivity (Wildman–Crippen MR) is 107 cm³/mol. The summed E-state index contributed by atoms with van der Waals surface area (Å²) in [6, 6.07) is -0.574. The number of morpholine rings is 1. The van der Waals surface area contributed by atoms with Gasteiger partial charge in [0.05, 0.1) is 18.3 Å². The van der Waals surface area contributed by atoms with Crippen LogP contribution in [0.15, 0.2) is 0 Å². The van der Waals surface area contributed by atoms with Crippen LogP contribution in [0.25, 0.3) is 0 Å². The van der Waals surface area contributed by atoms with E-state index in [0.717, 1.165) is 0 Å². The quantitative estimate of drug-likeness (QED) is 0.704. The number of amides is 2. The van der Waals surface area contributed by atoms with Gasteiger partial charge in [-0.15, -0.1) is 12.4 Å². The Hall–Kier alpha value is -1.98. The SMILES string of the molecule is CCc1nc2c(c(C(F)(F)F)n1)CCN(C(=O)C[C@H](N)CN1C[C@H](C)OCC1=O)C2.Cl. The summed E-state index contributed by atoms with van der Waals surface area (Å²) in [6.07, 6.45) is -4.37. The number of carbonyl (C=O) groups excluding carboxylic acids is 2. The molecule has 0 bridgehead atoms. The van der Waals surface area contributed by atoms with Gasteiger partial charge in [-0.1, -0.05) is 6.92 Å². The second-order valence-electron chi connectivity index (χ2n) is 7.71. The number of alkyl halides is 3. The highest BCUT2D eigenvalue weighted by Gasteiger charge is 2.39. The van der Waals surface area contributed by atoms with Gasteiger partial charge in [0.25, 0.3) is 0 Å². The van der Waals surface area contributed by atoms with Gasteiger partial charge in [-0.3, -0.25) is 9.59 Å². The average Bonchev–Trinajstić information content (AvgIpc) is 2.68. The fourth-order valence-electron chi connectivity index (χ4n) is 3.73. The molecule has 0 aromatic carbocycles. The van der Waals surface area contributed by atoms with Crippen LogP contribution in [0.5, 0.6) is 0 Å². The van der Waals surface area contributed by atoms with E-state index >= 15 is 0 Å². The molecule has 1 saturated heterocycles. The molecule has 2 amide bonds. The third kappa shape index (κ3) is 6.05. The van der Waals surface area contributed by atoms with Crippen molar-refractivity contribution in [2.24, 2.45) is 5.73 Å². The highest BCUT2D eigenvalue weighted by Crippen LogP contribution is 2.34. The van der Waals surface area contributed by atoms with Gasteiger partial charge in [0, 0.05) is 44.1 Å². The van der Waals surface area contributed by atoms with Crippen LogP contribution >= 0.6 is 12.4 Å². The number of fused-ring (bicyclic) bond motifs is 1. The van der Waals surface area contributed by atoms with Gasteiger partial charge < -0.3 is 20.3 Å². The molecule has 174 valence electrons. The van der Waals surface area contributed by atoms with E-state index in [9.17, 15) is 22.8 Å². The minimum Gasteiger partial charge on any atom is -0.367 e. The average molecular weight is 466 g/mol. The molecule has 1 aromatic heterocycles. The lowest BCUT2D eigenvalue weighted by atomic mass is 10.0. The minimum absolute atomic E-state index is 0. The zero-order chi connectivity index (χ0) is 22.1. The van der Waals surface area contributed by atoms with E-state index in [1.807, 2.05) is 6.92 Å². The van der Waals surface area contributed by atoms with Gasteiger partial charge in [0.1, 0.15) is 12.4 Å². The zero-order valence-electron chi connectivity index (χ0n) is 17.4. The fourth-order valence-corrected chi connectivity index (χ4v) is 3.73. The van der Waals surface area contributed by atoms with Crippen molar-refractivity contribution < 1.29 is 27.5 Å². The van der Waals surface area contributed by atoms with E-state index in [1.165, 1.54) is 4.90 Å².